The van der Waals surface area contributed by atoms with E-state index in [2.05, 4.69) is 15.6 Å². The summed E-state index contributed by atoms with van der Waals surface area (Å²) in [6, 6.07) is 7.49. The molecule has 1 aromatic carbocycles. The first-order valence-corrected chi connectivity index (χ1v) is 12.1. The van der Waals surface area contributed by atoms with Crippen LogP contribution in [0, 0.1) is 0 Å². The molecule has 0 bridgehead atoms. The smallest absolute Gasteiger partial charge is 0.256 e. The van der Waals surface area contributed by atoms with Crippen molar-refractivity contribution in [1.82, 2.24) is 15.3 Å². The summed E-state index contributed by atoms with van der Waals surface area (Å²) in [6.45, 7) is 2.30. The van der Waals surface area contributed by atoms with Crippen molar-refractivity contribution in [3.05, 3.63) is 56.5 Å². The molecule has 174 valence electrons. The zero-order valence-corrected chi connectivity index (χ0v) is 19.1. The van der Waals surface area contributed by atoms with Gasteiger partial charge in [0.05, 0.1) is 5.69 Å². The maximum Gasteiger partial charge on any atom is 0.256 e. The number of anilines is 1. The largest absolute Gasteiger partial charge is 0.354 e. The van der Waals surface area contributed by atoms with Gasteiger partial charge < -0.3 is 16.4 Å². The maximum atomic E-state index is 13.7. The molecule has 2 aliphatic rings. The lowest BCUT2D eigenvalue weighted by Gasteiger charge is -2.29. The van der Waals surface area contributed by atoms with E-state index in [9.17, 15) is 9.18 Å². The van der Waals surface area contributed by atoms with Crippen LogP contribution in [0.2, 0.25) is 5.02 Å². The van der Waals surface area contributed by atoms with E-state index in [1.165, 1.54) is 0 Å². The number of nitrogens with two attached hydrogens (primary N) is 1. The van der Waals surface area contributed by atoms with Gasteiger partial charge in [-0.15, -0.1) is 0 Å². The van der Waals surface area contributed by atoms with Gasteiger partial charge in [-0.2, -0.15) is 0 Å². The van der Waals surface area contributed by atoms with E-state index in [4.69, 9.17) is 22.3 Å². The fourth-order valence-electron chi connectivity index (χ4n) is 4.97. The molecule has 8 heteroatoms. The van der Waals surface area contributed by atoms with Gasteiger partial charge in [0.1, 0.15) is 6.17 Å². The monoisotopic (exact) mass is 461 g/mol. The van der Waals surface area contributed by atoms with Crippen molar-refractivity contribution in [2.45, 2.75) is 69.0 Å². The average Bonchev–Trinajstić information content (AvgIpc) is 2.80. The van der Waals surface area contributed by atoms with Crippen LogP contribution in [-0.4, -0.2) is 41.8 Å². The molecular formula is C24H33ClFN5O. The summed E-state index contributed by atoms with van der Waals surface area (Å²) < 4.78 is 13.7. The van der Waals surface area contributed by atoms with Gasteiger partial charge >= 0.3 is 0 Å². The van der Waals surface area contributed by atoms with E-state index in [-0.39, 0.29) is 23.4 Å². The summed E-state index contributed by atoms with van der Waals surface area (Å²) in [5, 5.41) is 7.32. The summed E-state index contributed by atoms with van der Waals surface area (Å²) in [4.78, 5) is 21.0. The van der Waals surface area contributed by atoms with Crippen LogP contribution in [0.3, 0.4) is 0 Å². The zero-order valence-electron chi connectivity index (χ0n) is 18.4. The quantitative estimate of drug-likeness (QED) is 0.502. The Kier molecular flexibility index (Phi) is 7.81. The molecule has 2 heterocycles. The molecule has 1 saturated heterocycles. The van der Waals surface area contributed by atoms with Crippen molar-refractivity contribution in [2.75, 3.05) is 25.0 Å². The van der Waals surface area contributed by atoms with E-state index in [1.807, 2.05) is 24.3 Å². The Balaban J connectivity index is 1.52. The minimum atomic E-state index is -0.749. The molecule has 1 unspecified atom stereocenters. The summed E-state index contributed by atoms with van der Waals surface area (Å²) >= 11 is 6.25. The van der Waals surface area contributed by atoms with E-state index in [1.54, 1.807) is 0 Å². The third-order valence-electron chi connectivity index (χ3n) is 6.75. The predicted molar refractivity (Wildman–Crippen MR) is 127 cm³/mol. The van der Waals surface area contributed by atoms with Gasteiger partial charge in [0, 0.05) is 29.1 Å². The Morgan fingerprint density at radius 1 is 1.12 bits per heavy atom. The lowest BCUT2D eigenvalue weighted by Crippen LogP contribution is -2.34. The molecule has 1 aromatic heterocycles. The predicted octanol–water partition coefficient (Wildman–Crippen LogP) is 3.87. The van der Waals surface area contributed by atoms with Gasteiger partial charge in [-0.25, -0.2) is 9.37 Å². The van der Waals surface area contributed by atoms with Crippen molar-refractivity contribution < 1.29 is 4.39 Å². The highest BCUT2D eigenvalue weighted by atomic mass is 35.5. The number of aromatic nitrogens is 2. The Hall–Kier alpha value is -1.96. The van der Waals surface area contributed by atoms with E-state index >= 15 is 0 Å². The van der Waals surface area contributed by atoms with Crippen molar-refractivity contribution in [3.63, 3.8) is 0 Å². The van der Waals surface area contributed by atoms with Crippen LogP contribution < -0.4 is 21.9 Å². The second-order valence-corrected chi connectivity index (χ2v) is 9.53. The van der Waals surface area contributed by atoms with E-state index < -0.39 is 6.17 Å². The number of rotatable bonds is 7. The molecule has 2 aromatic rings. The number of nitrogens with zero attached hydrogens (tertiary/aromatic N) is 1. The summed E-state index contributed by atoms with van der Waals surface area (Å²) in [6.07, 6.45) is 4.24. The molecule has 4 rings (SSSR count). The molecule has 6 nitrogen and oxygen atoms in total. The molecule has 0 spiro atoms. The van der Waals surface area contributed by atoms with Gasteiger partial charge in [0.15, 0.2) is 0 Å². The summed E-state index contributed by atoms with van der Waals surface area (Å²) in [5.74, 6) is 0.787. The molecule has 1 saturated carbocycles. The van der Waals surface area contributed by atoms with Crippen molar-refractivity contribution in [1.29, 1.82) is 0 Å². The zero-order chi connectivity index (χ0) is 22.5. The molecule has 1 atom stereocenters. The third-order valence-corrected chi connectivity index (χ3v) is 7.12. The highest BCUT2D eigenvalue weighted by Gasteiger charge is 2.30. The number of H-pyrrole nitrogens is 1. The fourth-order valence-corrected chi connectivity index (χ4v) is 5.19. The number of alkyl halides is 1. The molecule has 0 radical (unpaired) electrons. The van der Waals surface area contributed by atoms with Crippen LogP contribution in [0.4, 0.5) is 10.3 Å². The van der Waals surface area contributed by atoms with Gasteiger partial charge in [-0.3, -0.25) is 9.78 Å². The second kappa shape index (κ2) is 10.8. The molecular weight excluding hydrogens is 429 g/mol. The Morgan fingerprint density at radius 2 is 1.84 bits per heavy atom. The van der Waals surface area contributed by atoms with Crippen LogP contribution in [0.1, 0.15) is 67.2 Å². The molecule has 32 heavy (non-hydrogen) atoms. The molecule has 1 aliphatic carbocycles. The van der Waals surface area contributed by atoms with E-state index in [0.717, 1.165) is 42.8 Å². The van der Waals surface area contributed by atoms with Crippen molar-refractivity contribution >= 4 is 17.5 Å². The first kappa shape index (κ1) is 23.2. The number of hydrogen-bond acceptors (Lipinski definition) is 5. The average molecular weight is 462 g/mol. The van der Waals surface area contributed by atoms with E-state index in [0.29, 0.717) is 49.6 Å². The maximum absolute atomic E-state index is 13.7. The normalized spacial score (nSPS) is 23.1. The van der Waals surface area contributed by atoms with Crippen LogP contribution in [-0.2, 0) is 6.42 Å². The highest BCUT2D eigenvalue weighted by Crippen LogP contribution is 2.37. The van der Waals surface area contributed by atoms with Crippen molar-refractivity contribution in [2.24, 2.45) is 5.73 Å². The lowest BCUT2D eigenvalue weighted by atomic mass is 9.80. The fraction of sp³-hybridized carbons (Fsp3) is 0.583. The molecule has 1 aliphatic heterocycles. The van der Waals surface area contributed by atoms with Gasteiger partial charge in [-0.05, 0) is 75.6 Å². The molecule has 5 N–H and O–H groups in total. The number of piperidine rings is 1. The summed E-state index contributed by atoms with van der Waals surface area (Å²) in [7, 11) is 0. The van der Waals surface area contributed by atoms with Crippen LogP contribution in [0.25, 0.3) is 0 Å². The van der Waals surface area contributed by atoms with Gasteiger partial charge in [-0.1, -0.05) is 29.8 Å². The minimum absolute atomic E-state index is 0.0830. The van der Waals surface area contributed by atoms with Crippen LogP contribution >= 0.6 is 11.6 Å². The minimum Gasteiger partial charge on any atom is -0.354 e. The number of nitrogens with one attached hydrogen (secondary N) is 3. The number of aromatic amines is 1. The Bertz CT molecular complexity index is 954. The molecule has 0 amide bonds. The first-order chi connectivity index (χ1) is 15.5. The highest BCUT2D eigenvalue weighted by molar-refractivity contribution is 6.31. The Labute approximate surface area is 193 Å². The topological polar surface area (TPSA) is 95.8 Å². The third kappa shape index (κ3) is 5.69. The number of benzene rings is 1. The molecule has 2 fully saturated rings. The van der Waals surface area contributed by atoms with Crippen molar-refractivity contribution in [3.8, 4) is 0 Å². The first-order valence-electron chi connectivity index (χ1n) is 11.7. The van der Waals surface area contributed by atoms with Gasteiger partial charge in [0.25, 0.3) is 5.56 Å². The second-order valence-electron chi connectivity index (χ2n) is 9.12. The van der Waals surface area contributed by atoms with Gasteiger partial charge in [0.2, 0.25) is 5.95 Å². The van der Waals surface area contributed by atoms with Crippen LogP contribution in [0.15, 0.2) is 29.1 Å². The SMILES string of the molecule is NC(CNc1nc(C2CCNCC2)c(C2CCC(F)CC2)c(=O)[nH]1)Cc1ccccc1Cl. The van der Waals surface area contributed by atoms with Crippen LogP contribution in [0.5, 0.6) is 0 Å². The number of halogens is 2. The number of hydrogen-bond donors (Lipinski definition) is 4. The summed E-state index contributed by atoms with van der Waals surface area (Å²) in [5.41, 5.74) is 8.88. The Morgan fingerprint density at radius 3 is 2.56 bits per heavy atom. The lowest BCUT2D eigenvalue weighted by molar-refractivity contribution is 0.234. The standard InChI is InChI=1S/C24H33ClFN5O/c25-20-4-2-1-3-17(20)13-19(27)14-29-24-30-22(16-9-11-28-12-10-16)21(23(32)31-24)15-5-7-18(26)8-6-15/h1-4,15-16,18-19,28H,5-14,27H2,(H2,29,30,31,32).